The Morgan fingerprint density at radius 1 is 0.549 bits per heavy atom. The van der Waals surface area contributed by atoms with Crippen molar-refractivity contribution in [2.75, 3.05) is 13.1 Å². The maximum absolute atomic E-state index is 6.89. The summed E-state index contributed by atoms with van der Waals surface area (Å²) in [5.74, 6) is -0.359. The predicted molar refractivity (Wildman–Crippen MR) is 220 cm³/mol. The van der Waals surface area contributed by atoms with Gasteiger partial charge in [-0.05, 0) is 94.7 Å². The van der Waals surface area contributed by atoms with Crippen LogP contribution in [0.25, 0.3) is 0 Å². The minimum atomic E-state index is -0.359. The Morgan fingerprint density at radius 3 is 1.37 bits per heavy atom. The lowest BCUT2D eigenvalue weighted by Gasteiger charge is -2.31. The third-order valence-electron chi connectivity index (χ3n) is 10.7. The molecule has 0 aliphatic carbocycles. The third-order valence-corrected chi connectivity index (χ3v) is 10.7. The summed E-state index contributed by atoms with van der Waals surface area (Å²) in [6.07, 6.45) is 56.0. The molecule has 2 aliphatic rings. The van der Waals surface area contributed by atoms with Gasteiger partial charge in [0.05, 0.1) is 0 Å². The summed E-state index contributed by atoms with van der Waals surface area (Å²) in [6.45, 7) is 7.44. The standard InChI is InChI=1S/C47H78N2O2/c1-3-5-7-9-11-13-15-17-19-21-23-25-27-29-31-33-37-47(50-45-42-49(43-46(45)51-47)41-44-35-39-48-40-36-44)38-34-32-30-28-26-24-22-20-18-16-14-12-10-8-6-4-2/h11-14,17-20,35-36,39-40,45-46H,3-10,15-16,21-34,37-38,41-43H2,1-2H3/t45-,46-/m1/s1. The van der Waals surface area contributed by atoms with Crippen LogP contribution in [-0.4, -0.2) is 41.0 Å². The number of rotatable bonds is 32. The van der Waals surface area contributed by atoms with Gasteiger partial charge in [0.2, 0.25) is 0 Å². The van der Waals surface area contributed by atoms with Gasteiger partial charge >= 0.3 is 0 Å². The number of likely N-dealkylation sites (tertiary alicyclic amines) is 1. The first-order valence-electron chi connectivity index (χ1n) is 21.8. The summed E-state index contributed by atoms with van der Waals surface area (Å²) in [4.78, 5) is 6.68. The summed E-state index contributed by atoms with van der Waals surface area (Å²) >= 11 is 0. The highest BCUT2D eigenvalue weighted by molar-refractivity contribution is 5.10. The topological polar surface area (TPSA) is 34.6 Å². The first kappa shape index (κ1) is 43.4. The number of hydrogen-bond acceptors (Lipinski definition) is 4. The average Bonchev–Trinajstić information content (AvgIpc) is 3.67. The van der Waals surface area contributed by atoms with Crippen molar-refractivity contribution in [3.05, 3.63) is 78.7 Å². The Labute approximate surface area is 315 Å². The van der Waals surface area contributed by atoms with Crippen molar-refractivity contribution < 1.29 is 9.47 Å². The molecule has 0 N–H and O–H groups in total. The molecular formula is C47H78N2O2. The summed E-state index contributed by atoms with van der Waals surface area (Å²) in [6, 6.07) is 4.24. The Bertz CT molecular complexity index is 999. The van der Waals surface area contributed by atoms with E-state index in [1.54, 1.807) is 0 Å². The zero-order valence-corrected chi connectivity index (χ0v) is 33.3. The molecule has 0 saturated carbocycles. The molecule has 2 saturated heterocycles. The number of aromatic nitrogens is 1. The van der Waals surface area contributed by atoms with Crippen LogP contribution in [0.5, 0.6) is 0 Å². The fourth-order valence-electron chi connectivity index (χ4n) is 7.63. The molecule has 288 valence electrons. The van der Waals surface area contributed by atoms with E-state index in [1.807, 2.05) is 12.4 Å². The molecule has 1 aromatic heterocycles. The highest BCUT2D eigenvalue weighted by Crippen LogP contribution is 2.41. The zero-order chi connectivity index (χ0) is 35.9. The van der Waals surface area contributed by atoms with Gasteiger partial charge in [-0.3, -0.25) is 9.88 Å². The van der Waals surface area contributed by atoms with Crippen molar-refractivity contribution in [3.8, 4) is 0 Å². The van der Waals surface area contributed by atoms with Gasteiger partial charge in [0, 0.05) is 44.9 Å². The van der Waals surface area contributed by atoms with E-state index >= 15 is 0 Å². The Hall–Kier alpha value is -2.01. The molecule has 3 heterocycles. The summed E-state index contributed by atoms with van der Waals surface area (Å²) < 4.78 is 13.8. The van der Waals surface area contributed by atoms with Crippen molar-refractivity contribution in [2.45, 2.75) is 205 Å². The highest BCUT2D eigenvalue weighted by atomic mass is 16.8. The lowest BCUT2D eigenvalue weighted by molar-refractivity contribution is -0.194. The monoisotopic (exact) mass is 703 g/mol. The van der Waals surface area contributed by atoms with Gasteiger partial charge < -0.3 is 9.47 Å². The zero-order valence-electron chi connectivity index (χ0n) is 33.3. The van der Waals surface area contributed by atoms with Crippen LogP contribution in [0.3, 0.4) is 0 Å². The number of pyridine rings is 1. The van der Waals surface area contributed by atoms with Gasteiger partial charge in [-0.2, -0.15) is 0 Å². The molecule has 0 amide bonds. The van der Waals surface area contributed by atoms with Crippen LogP contribution >= 0.6 is 0 Å². The van der Waals surface area contributed by atoms with Crippen molar-refractivity contribution in [1.29, 1.82) is 0 Å². The van der Waals surface area contributed by atoms with Crippen LogP contribution in [0.4, 0.5) is 0 Å². The minimum Gasteiger partial charge on any atom is -0.343 e. The van der Waals surface area contributed by atoms with E-state index in [-0.39, 0.29) is 18.0 Å². The summed E-state index contributed by atoms with van der Waals surface area (Å²) in [7, 11) is 0. The van der Waals surface area contributed by atoms with E-state index in [2.05, 4.69) is 84.5 Å². The number of unbranched alkanes of at least 4 members (excludes halogenated alkanes) is 18. The molecule has 0 bridgehead atoms. The van der Waals surface area contributed by atoms with Gasteiger partial charge in [0.15, 0.2) is 5.79 Å². The lowest BCUT2D eigenvalue weighted by atomic mass is 9.98. The van der Waals surface area contributed by atoms with Gasteiger partial charge in [-0.15, -0.1) is 0 Å². The fourth-order valence-corrected chi connectivity index (χ4v) is 7.63. The molecular weight excluding hydrogens is 625 g/mol. The smallest absolute Gasteiger partial charge is 0.169 e. The average molecular weight is 703 g/mol. The summed E-state index contributed by atoms with van der Waals surface area (Å²) in [5, 5.41) is 0. The van der Waals surface area contributed by atoms with Crippen LogP contribution < -0.4 is 0 Å². The van der Waals surface area contributed by atoms with Gasteiger partial charge in [-0.1, -0.05) is 140 Å². The Balaban J connectivity index is 1.28. The van der Waals surface area contributed by atoms with E-state index in [9.17, 15) is 0 Å². The van der Waals surface area contributed by atoms with Gasteiger partial charge in [-0.25, -0.2) is 0 Å². The second-order valence-corrected chi connectivity index (χ2v) is 15.4. The Morgan fingerprint density at radius 2 is 0.941 bits per heavy atom. The van der Waals surface area contributed by atoms with Crippen molar-refractivity contribution in [1.82, 2.24) is 9.88 Å². The van der Waals surface area contributed by atoms with Crippen LogP contribution in [0.2, 0.25) is 0 Å². The van der Waals surface area contributed by atoms with Crippen LogP contribution in [0.1, 0.15) is 186 Å². The SMILES string of the molecule is CCCCCC=CCC=CCCCCCCCCC1(CCCCCCCCC=CCC=CCCCCC)O[C@@H]2CN(Cc3ccncc3)C[C@H]2O1. The van der Waals surface area contributed by atoms with Crippen molar-refractivity contribution in [2.24, 2.45) is 0 Å². The van der Waals surface area contributed by atoms with E-state index in [0.717, 1.165) is 45.3 Å². The number of ether oxygens (including phenoxy) is 2. The molecule has 0 spiro atoms. The molecule has 0 unspecified atom stereocenters. The van der Waals surface area contributed by atoms with Crippen LogP contribution in [0, 0.1) is 0 Å². The van der Waals surface area contributed by atoms with Crippen molar-refractivity contribution >= 4 is 0 Å². The number of allylic oxidation sites excluding steroid dienone is 8. The van der Waals surface area contributed by atoms with E-state index in [1.165, 1.54) is 147 Å². The summed E-state index contributed by atoms with van der Waals surface area (Å²) in [5.41, 5.74) is 1.32. The number of hydrogen-bond donors (Lipinski definition) is 0. The van der Waals surface area contributed by atoms with Gasteiger partial charge in [0.1, 0.15) is 12.2 Å². The van der Waals surface area contributed by atoms with Crippen LogP contribution in [-0.2, 0) is 16.0 Å². The largest absolute Gasteiger partial charge is 0.343 e. The van der Waals surface area contributed by atoms with Crippen molar-refractivity contribution in [3.63, 3.8) is 0 Å². The minimum absolute atomic E-state index is 0.209. The molecule has 2 atom stereocenters. The molecule has 0 radical (unpaired) electrons. The van der Waals surface area contributed by atoms with E-state index < -0.39 is 0 Å². The first-order chi connectivity index (χ1) is 25.2. The predicted octanol–water partition coefficient (Wildman–Crippen LogP) is 13.8. The van der Waals surface area contributed by atoms with Crippen LogP contribution in [0.15, 0.2) is 73.1 Å². The Kier molecular flexibility index (Phi) is 25.1. The third kappa shape index (κ3) is 20.7. The van der Waals surface area contributed by atoms with E-state index in [4.69, 9.17) is 9.47 Å². The second-order valence-electron chi connectivity index (χ2n) is 15.4. The molecule has 3 rings (SSSR count). The normalized spacial score (nSPS) is 19.2. The molecule has 4 nitrogen and oxygen atoms in total. The molecule has 1 aromatic rings. The molecule has 2 fully saturated rings. The van der Waals surface area contributed by atoms with E-state index in [0.29, 0.717) is 0 Å². The highest BCUT2D eigenvalue weighted by Gasteiger charge is 2.50. The quantitative estimate of drug-likeness (QED) is 0.0553. The first-order valence-corrected chi connectivity index (χ1v) is 21.8. The molecule has 4 heteroatoms. The number of fused-ring (bicyclic) bond motifs is 1. The lowest BCUT2D eigenvalue weighted by Crippen LogP contribution is -2.35. The maximum atomic E-state index is 6.89. The van der Waals surface area contributed by atoms with Gasteiger partial charge in [0.25, 0.3) is 0 Å². The fraction of sp³-hybridized carbons (Fsp3) is 0.723. The molecule has 2 aliphatic heterocycles. The molecule has 0 aromatic carbocycles. The second kappa shape index (κ2) is 29.4. The maximum Gasteiger partial charge on any atom is 0.169 e. The number of nitrogens with zero attached hydrogens (tertiary/aromatic N) is 2. The molecule has 51 heavy (non-hydrogen) atoms.